The fraction of sp³-hybridized carbons (Fsp3) is 0.250. The van der Waals surface area contributed by atoms with Gasteiger partial charge in [-0.3, -0.25) is 9.69 Å². The van der Waals surface area contributed by atoms with E-state index in [4.69, 9.17) is 5.26 Å². The van der Waals surface area contributed by atoms with Gasteiger partial charge in [-0.1, -0.05) is 6.07 Å². The highest BCUT2D eigenvalue weighted by atomic mass is 19.4. The third-order valence-electron chi connectivity index (χ3n) is 4.89. The Hall–Kier alpha value is -3.38. The first kappa shape index (κ1) is 19.0. The zero-order chi connectivity index (χ0) is 20.6. The largest absolute Gasteiger partial charge is 0.449 e. The minimum Gasteiger partial charge on any atom is -0.320 e. The predicted octanol–water partition coefficient (Wildman–Crippen LogP) is 3.01. The number of fused-ring (bicyclic) bond motifs is 1. The lowest BCUT2D eigenvalue weighted by molar-refractivity contribution is -0.145. The summed E-state index contributed by atoms with van der Waals surface area (Å²) >= 11 is 0. The van der Waals surface area contributed by atoms with E-state index in [9.17, 15) is 18.0 Å². The van der Waals surface area contributed by atoms with Crippen LogP contribution < -0.4 is 5.56 Å². The van der Waals surface area contributed by atoms with Crippen molar-refractivity contribution in [3.05, 3.63) is 81.3 Å². The first-order valence-electron chi connectivity index (χ1n) is 8.93. The molecule has 0 aliphatic carbocycles. The molecule has 148 valence electrons. The van der Waals surface area contributed by atoms with E-state index in [1.807, 2.05) is 38.8 Å². The molecule has 0 atom stereocenters. The average Bonchev–Trinajstić information content (AvgIpc) is 3.15. The number of halogens is 3. The highest BCUT2D eigenvalue weighted by Crippen LogP contribution is 2.27. The lowest BCUT2D eigenvalue weighted by Crippen LogP contribution is -2.37. The number of nitrogens with zero attached hydrogens (tertiary/aromatic N) is 4. The molecule has 0 saturated carbocycles. The maximum atomic E-state index is 12.9. The van der Waals surface area contributed by atoms with Gasteiger partial charge in [0.05, 0.1) is 22.9 Å². The number of nitrogens with one attached hydrogen (secondary N) is 1. The van der Waals surface area contributed by atoms with Gasteiger partial charge < -0.3 is 9.55 Å². The van der Waals surface area contributed by atoms with Crippen molar-refractivity contribution in [1.29, 1.82) is 5.26 Å². The lowest BCUT2D eigenvalue weighted by Gasteiger charge is -2.28. The van der Waals surface area contributed by atoms with E-state index >= 15 is 0 Å². The Labute approximate surface area is 163 Å². The standard InChI is InChI=1S/C20H16F3N5O/c21-20(22,23)19-25-17-6-8-27(12-16(17)18(29)26-19)11-15-5-2-7-28(15)14-4-1-3-13(9-14)10-24/h1-5,7,9H,6,8,11-12H2,(H,25,26,29). The number of rotatable bonds is 3. The molecule has 0 spiro atoms. The van der Waals surface area contributed by atoms with Crippen LogP contribution in [0.3, 0.4) is 0 Å². The number of alkyl halides is 3. The second kappa shape index (κ2) is 7.22. The van der Waals surface area contributed by atoms with E-state index in [2.05, 4.69) is 11.1 Å². The number of aromatic nitrogens is 3. The minimum absolute atomic E-state index is 0.203. The summed E-state index contributed by atoms with van der Waals surface area (Å²) in [6.45, 7) is 1.22. The highest BCUT2D eigenvalue weighted by molar-refractivity contribution is 5.42. The zero-order valence-corrected chi connectivity index (χ0v) is 15.2. The van der Waals surface area contributed by atoms with Crippen molar-refractivity contribution >= 4 is 0 Å². The molecule has 1 N–H and O–H groups in total. The van der Waals surface area contributed by atoms with Crippen LogP contribution in [0.4, 0.5) is 13.2 Å². The van der Waals surface area contributed by atoms with Crippen molar-refractivity contribution in [2.75, 3.05) is 6.54 Å². The summed E-state index contributed by atoms with van der Waals surface area (Å²) in [5.74, 6) is -1.25. The van der Waals surface area contributed by atoms with Crippen molar-refractivity contribution in [3.8, 4) is 11.8 Å². The average molecular weight is 399 g/mol. The third-order valence-corrected chi connectivity index (χ3v) is 4.89. The van der Waals surface area contributed by atoms with Crippen LogP contribution in [-0.4, -0.2) is 26.0 Å². The number of aromatic amines is 1. The van der Waals surface area contributed by atoms with Crippen molar-refractivity contribution in [1.82, 2.24) is 19.4 Å². The molecule has 6 nitrogen and oxygen atoms in total. The number of H-pyrrole nitrogens is 1. The predicted molar refractivity (Wildman–Crippen MR) is 98.2 cm³/mol. The SMILES string of the molecule is N#Cc1cccc(-n2cccc2CN2CCc3nc(C(F)(F)F)[nH]c(=O)c3C2)c1. The van der Waals surface area contributed by atoms with E-state index in [1.54, 1.807) is 18.2 Å². The van der Waals surface area contributed by atoms with Crippen LogP contribution in [0.1, 0.15) is 28.3 Å². The lowest BCUT2D eigenvalue weighted by atomic mass is 10.1. The minimum atomic E-state index is -4.68. The molecule has 0 bridgehead atoms. The number of nitriles is 1. The van der Waals surface area contributed by atoms with Crippen LogP contribution in [0.15, 0.2) is 47.4 Å². The molecule has 4 rings (SSSR count). The molecular weight excluding hydrogens is 383 g/mol. The van der Waals surface area contributed by atoms with E-state index < -0.39 is 17.6 Å². The van der Waals surface area contributed by atoms with Crippen molar-refractivity contribution < 1.29 is 13.2 Å². The highest BCUT2D eigenvalue weighted by Gasteiger charge is 2.36. The molecule has 29 heavy (non-hydrogen) atoms. The Kier molecular flexibility index (Phi) is 4.72. The first-order valence-corrected chi connectivity index (χ1v) is 8.93. The van der Waals surface area contributed by atoms with Crippen LogP contribution in [0.2, 0.25) is 0 Å². The maximum Gasteiger partial charge on any atom is 0.449 e. The fourth-order valence-electron chi connectivity index (χ4n) is 3.50. The zero-order valence-electron chi connectivity index (χ0n) is 15.2. The maximum absolute atomic E-state index is 12.9. The molecule has 0 unspecified atom stereocenters. The first-order chi connectivity index (χ1) is 13.8. The summed E-state index contributed by atoms with van der Waals surface area (Å²) in [4.78, 5) is 19.6. The van der Waals surface area contributed by atoms with Gasteiger partial charge in [-0.2, -0.15) is 18.4 Å². The summed E-state index contributed by atoms with van der Waals surface area (Å²) in [5.41, 5.74) is 2.06. The van der Waals surface area contributed by atoms with Gasteiger partial charge >= 0.3 is 6.18 Å². The molecule has 1 aromatic carbocycles. The van der Waals surface area contributed by atoms with E-state index in [0.29, 0.717) is 18.7 Å². The van der Waals surface area contributed by atoms with Gasteiger partial charge in [-0.05, 0) is 30.3 Å². The molecule has 1 aliphatic heterocycles. The van der Waals surface area contributed by atoms with Crippen molar-refractivity contribution in [3.63, 3.8) is 0 Å². The van der Waals surface area contributed by atoms with Crippen molar-refractivity contribution in [2.24, 2.45) is 0 Å². The van der Waals surface area contributed by atoms with E-state index in [1.165, 1.54) is 0 Å². The monoisotopic (exact) mass is 399 g/mol. The Morgan fingerprint density at radius 3 is 2.83 bits per heavy atom. The summed E-state index contributed by atoms with van der Waals surface area (Å²) in [7, 11) is 0. The Bertz CT molecular complexity index is 1160. The summed E-state index contributed by atoms with van der Waals surface area (Å²) in [6.07, 6.45) is -2.52. The van der Waals surface area contributed by atoms with Gasteiger partial charge in [-0.25, -0.2) is 4.98 Å². The van der Waals surface area contributed by atoms with Gasteiger partial charge in [0.1, 0.15) is 0 Å². The smallest absolute Gasteiger partial charge is 0.320 e. The van der Waals surface area contributed by atoms with Gasteiger partial charge in [0.2, 0.25) is 5.82 Å². The van der Waals surface area contributed by atoms with Crippen molar-refractivity contribution in [2.45, 2.75) is 25.7 Å². The van der Waals surface area contributed by atoms with Gasteiger partial charge in [0, 0.05) is 43.6 Å². The molecule has 0 amide bonds. The fourth-order valence-corrected chi connectivity index (χ4v) is 3.50. The van der Waals surface area contributed by atoms with Crippen LogP contribution in [0.5, 0.6) is 0 Å². The molecule has 0 radical (unpaired) electrons. The van der Waals surface area contributed by atoms with Gasteiger partial charge in [0.15, 0.2) is 0 Å². The number of benzene rings is 1. The third kappa shape index (κ3) is 3.79. The number of hydrogen-bond acceptors (Lipinski definition) is 4. The second-order valence-electron chi connectivity index (χ2n) is 6.83. The van der Waals surface area contributed by atoms with Crippen LogP contribution in [0.25, 0.3) is 5.69 Å². The molecule has 9 heteroatoms. The quantitative estimate of drug-likeness (QED) is 0.735. The molecule has 3 heterocycles. The topological polar surface area (TPSA) is 77.7 Å². The Morgan fingerprint density at radius 2 is 2.07 bits per heavy atom. The second-order valence-corrected chi connectivity index (χ2v) is 6.83. The van der Waals surface area contributed by atoms with Crippen LogP contribution in [-0.2, 0) is 25.7 Å². The molecule has 0 fully saturated rings. The molecule has 3 aromatic rings. The van der Waals surface area contributed by atoms with E-state index in [0.717, 1.165) is 11.4 Å². The summed E-state index contributed by atoms with van der Waals surface area (Å²) < 4.78 is 40.5. The van der Waals surface area contributed by atoms with Gasteiger partial charge in [0.25, 0.3) is 5.56 Å². The molecule has 2 aromatic heterocycles. The molecule has 1 aliphatic rings. The Balaban J connectivity index is 1.57. The molecule has 0 saturated heterocycles. The summed E-state index contributed by atoms with van der Waals surface area (Å²) in [5, 5.41) is 9.10. The Morgan fingerprint density at radius 1 is 1.24 bits per heavy atom. The normalized spacial score (nSPS) is 14.4. The van der Waals surface area contributed by atoms with E-state index in [-0.39, 0.29) is 24.2 Å². The summed E-state index contributed by atoms with van der Waals surface area (Å²) in [6, 6.07) is 13.1. The van der Waals surface area contributed by atoms with Crippen LogP contribution in [0, 0.1) is 11.3 Å². The van der Waals surface area contributed by atoms with Gasteiger partial charge in [-0.15, -0.1) is 0 Å². The molecular formula is C20H16F3N5O. The van der Waals surface area contributed by atoms with Crippen LogP contribution >= 0.6 is 0 Å². The number of hydrogen-bond donors (Lipinski definition) is 1.